The van der Waals surface area contributed by atoms with Crippen LogP contribution in [0.25, 0.3) is 0 Å². The van der Waals surface area contributed by atoms with Crippen LogP contribution in [0.4, 0.5) is 4.39 Å². The van der Waals surface area contributed by atoms with E-state index in [0.29, 0.717) is 15.7 Å². The summed E-state index contributed by atoms with van der Waals surface area (Å²) in [6.45, 7) is 0.350. The fraction of sp³-hybridized carbons (Fsp3) is 0.273. The standard InChI is InChI=1S/C11H10FIN2O/c1-15(6-2-5-14)11(16)8-3-4-10(13)9(12)7-8/h3-4,7H,2,6H2,1H3. The van der Waals surface area contributed by atoms with E-state index in [1.54, 1.807) is 19.2 Å². The van der Waals surface area contributed by atoms with E-state index in [-0.39, 0.29) is 12.3 Å². The van der Waals surface area contributed by atoms with Crippen molar-refractivity contribution < 1.29 is 9.18 Å². The second-order valence-corrected chi connectivity index (χ2v) is 4.43. The van der Waals surface area contributed by atoms with Crippen LogP contribution in [-0.4, -0.2) is 24.4 Å². The molecule has 3 nitrogen and oxygen atoms in total. The fourth-order valence-electron chi connectivity index (χ4n) is 1.17. The molecule has 5 heteroatoms. The minimum atomic E-state index is -0.403. The van der Waals surface area contributed by atoms with Gasteiger partial charge in [0.1, 0.15) is 5.82 Å². The minimum Gasteiger partial charge on any atom is -0.341 e. The molecular formula is C11H10FIN2O. The van der Waals surface area contributed by atoms with Crippen molar-refractivity contribution in [1.29, 1.82) is 5.26 Å². The molecule has 84 valence electrons. The Morgan fingerprint density at radius 2 is 2.31 bits per heavy atom. The van der Waals surface area contributed by atoms with E-state index in [0.717, 1.165) is 0 Å². The summed E-state index contributed by atoms with van der Waals surface area (Å²) >= 11 is 1.86. The van der Waals surface area contributed by atoms with E-state index < -0.39 is 5.82 Å². The van der Waals surface area contributed by atoms with Crippen molar-refractivity contribution in [3.8, 4) is 6.07 Å². The zero-order valence-electron chi connectivity index (χ0n) is 8.70. The molecule has 1 aromatic carbocycles. The summed E-state index contributed by atoms with van der Waals surface area (Å²) in [6.07, 6.45) is 0.273. The molecule has 0 aliphatic carbocycles. The molecule has 0 aliphatic heterocycles. The molecule has 0 bridgehead atoms. The van der Waals surface area contributed by atoms with Gasteiger partial charge in [0.05, 0.1) is 12.5 Å². The Hall–Kier alpha value is -1.16. The van der Waals surface area contributed by atoms with Crippen LogP contribution in [0.3, 0.4) is 0 Å². The molecule has 16 heavy (non-hydrogen) atoms. The van der Waals surface area contributed by atoms with Crippen molar-refractivity contribution in [1.82, 2.24) is 4.90 Å². The van der Waals surface area contributed by atoms with Crippen molar-refractivity contribution in [3.63, 3.8) is 0 Å². The first-order valence-electron chi connectivity index (χ1n) is 4.63. The first kappa shape index (κ1) is 12.9. The number of halogens is 2. The number of carbonyl (C=O) groups is 1. The normalized spacial score (nSPS) is 9.62. The molecule has 0 heterocycles. The molecule has 0 spiro atoms. The summed E-state index contributed by atoms with van der Waals surface area (Å²) in [7, 11) is 1.59. The predicted octanol–water partition coefficient (Wildman–Crippen LogP) is 2.42. The molecule has 1 aromatic rings. The molecular weight excluding hydrogens is 322 g/mol. The van der Waals surface area contributed by atoms with Gasteiger partial charge in [0.15, 0.2) is 0 Å². The van der Waals surface area contributed by atoms with Gasteiger partial charge in [-0.1, -0.05) is 0 Å². The van der Waals surface area contributed by atoms with E-state index in [1.165, 1.54) is 11.0 Å². The van der Waals surface area contributed by atoms with Gasteiger partial charge in [-0.3, -0.25) is 4.79 Å². The van der Waals surface area contributed by atoms with E-state index in [2.05, 4.69) is 0 Å². The third-order valence-electron chi connectivity index (χ3n) is 2.07. The average molecular weight is 332 g/mol. The van der Waals surface area contributed by atoms with Crippen LogP contribution in [0.15, 0.2) is 18.2 Å². The lowest BCUT2D eigenvalue weighted by atomic mass is 10.2. The largest absolute Gasteiger partial charge is 0.341 e. The maximum Gasteiger partial charge on any atom is 0.253 e. The summed E-state index contributed by atoms with van der Waals surface area (Å²) in [5, 5.41) is 8.40. The lowest BCUT2D eigenvalue weighted by Gasteiger charge is -2.15. The highest BCUT2D eigenvalue weighted by molar-refractivity contribution is 14.1. The maximum absolute atomic E-state index is 13.2. The number of carbonyl (C=O) groups excluding carboxylic acids is 1. The highest BCUT2D eigenvalue weighted by Gasteiger charge is 2.12. The Labute approximate surface area is 107 Å². The van der Waals surface area contributed by atoms with E-state index >= 15 is 0 Å². The van der Waals surface area contributed by atoms with Crippen LogP contribution in [0, 0.1) is 20.7 Å². The smallest absolute Gasteiger partial charge is 0.253 e. The monoisotopic (exact) mass is 332 g/mol. The first-order valence-corrected chi connectivity index (χ1v) is 5.71. The Balaban J connectivity index is 2.80. The molecule has 1 amide bonds. The Morgan fingerprint density at radius 3 is 2.88 bits per heavy atom. The lowest BCUT2D eigenvalue weighted by molar-refractivity contribution is 0.0797. The molecule has 1 rings (SSSR count). The fourth-order valence-corrected chi connectivity index (χ4v) is 1.50. The Morgan fingerprint density at radius 1 is 1.62 bits per heavy atom. The molecule has 0 fully saturated rings. The summed E-state index contributed by atoms with van der Waals surface area (Å²) in [5.41, 5.74) is 0.304. The minimum absolute atomic E-state index is 0.273. The van der Waals surface area contributed by atoms with Gasteiger partial charge in [0, 0.05) is 22.7 Å². The number of hydrogen-bond acceptors (Lipinski definition) is 2. The number of hydrogen-bond donors (Lipinski definition) is 0. The van der Waals surface area contributed by atoms with Crippen molar-refractivity contribution in [2.45, 2.75) is 6.42 Å². The Bertz CT molecular complexity index is 442. The zero-order chi connectivity index (χ0) is 12.1. The van der Waals surface area contributed by atoms with Crippen molar-refractivity contribution >= 4 is 28.5 Å². The van der Waals surface area contributed by atoms with Gasteiger partial charge < -0.3 is 4.90 Å². The Kier molecular flexibility index (Phi) is 4.68. The van der Waals surface area contributed by atoms with Gasteiger partial charge in [-0.25, -0.2) is 4.39 Å². The summed E-state index contributed by atoms with van der Waals surface area (Å²) in [5.74, 6) is -0.675. The summed E-state index contributed by atoms with van der Waals surface area (Å²) in [4.78, 5) is 13.2. The van der Waals surface area contributed by atoms with E-state index in [9.17, 15) is 9.18 Å². The third kappa shape index (κ3) is 3.17. The first-order chi connectivity index (χ1) is 7.56. The SMILES string of the molecule is CN(CCC#N)C(=O)c1ccc(I)c(F)c1. The number of nitrogens with zero attached hydrogens (tertiary/aromatic N) is 2. The third-order valence-corrected chi connectivity index (χ3v) is 2.95. The second kappa shape index (κ2) is 5.80. The van der Waals surface area contributed by atoms with Gasteiger partial charge >= 0.3 is 0 Å². The van der Waals surface area contributed by atoms with Crippen LogP contribution < -0.4 is 0 Å². The molecule has 0 saturated heterocycles. The number of rotatable bonds is 3. The topological polar surface area (TPSA) is 44.1 Å². The molecule has 0 radical (unpaired) electrons. The number of benzene rings is 1. The van der Waals surface area contributed by atoms with Gasteiger partial charge in [0.25, 0.3) is 5.91 Å². The second-order valence-electron chi connectivity index (χ2n) is 3.26. The highest BCUT2D eigenvalue weighted by atomic mass is 127. The van der Waals surface area contributed by atoms with Crippen LogP contribution >= 0.6 is 22.6 Å². The molecule has 0 saturated carbocycles. The van der Waals surface area contributed by atoms with Crippen molar-refractivity contribution in [2.24, 2.45) is 0 Å². The maximum atomic E-state index is 13.2. The predicted molar refractivity (Wildman–Crippen MR) is 66.3 cm³/mol. The number of amides is 1. The van der Waals surface area contributed by atoms with Crippen molar-refractivity contribution in [2.75, 3.05) is 13.6 Å². The highest BCUT2D eigenvalue weighted by Crippen LogP contribution is 2.13. The number of nitriles is 1. The lowest BCUT2D eigenvalue weighted by Crippen LogP contribution is -2.27. The van der Waals surface area contributed by atoms with E-state index in [1.807, 2.05) is 28.7 Å². The molecule has 0 atom stereocenters. The zero-order valence-corrected chi connectivity index (χ0v) is 10.9. The summed E-state index contributed by atoms with van der Waals surface area (Å²) < 4.78 is 13.7. The van der Waals surface area contributed by atoms with Crippen LogP contribution in [-0.2, 0) is 0 Å². The van der Waals surface area contributed by atoms with Gasteiger partial charge in [0.2, 0.25) is 0 Å². The van der Waals surface area contributed by atoms with Gasteiger partial charge in [-0.15, -0.1) is 0 Å². The van der Waals surface area contributed by atoms with Gasteiger partial charge in [-0.2, -0.15) is 5.26 Å². The van der Waals surface area contributed by atoms with Crippen LogP contribution in [0.2, 0.25) is 0 Å². The molecule has 0 aromatic heterocycles. The van der Waals surface area contributed by atoms with Crippen LogP contribution in [0.5, 0.6) is 0 Å². The average Bonchev–Trinajstić information content (AvgIpc) is 2.28. The van der Waals surface area contributed by atoms with Crippen LogP contribution in [0.1, 0.15) is 16.8 Å². The molecule has 0 unspecified atom stereocenters. The molecule has 0 N–H and O–H groups in total. The van der Waals surface area contributed by atoms with E-state index in [4.69, 9.17) is 5.26 Å². The quantitative estimate of drug-likeness (QED) is 0.798. The van der Waals surface area contributed by atoms with Crippen molar-refractivity contribution in [3.05, 3.63) is 33.1 Å². The van der Waals surface area contributed by atoms with Gasteiger partial charge in [-0.05, 0) is 40.8 Å². The summed E-state index contributed by atoms with van der Waals surface area (Å²) in [6, 6.07) is 6.31. The molecule has 0 aliphatic rings.